The Bertz CT molecular complexity index is 2100. The van der Waals surface area contributed by atoms with Gasteiger partial charge in [-0.25, -0.2) is 28.3 Å². The molecule has 3 aliphatic heterocycles. The molecule has 49 heavy (non-hydrogen) atoms. The Hall–Kier alpha value is -4.68. The number of nitriles is 1. The van der Waals surface area contributed by atoms with E-state index in [0.29, 0.717) is 48.5 Å². The number of nitrogens with one attached hydrogen (secondary N) is 1. The van der Waals surface area contributed by atoms with Crippen molar-refractivity contribution in [1.29, 1.82) is 5.26 Å². The van der Waals surface area contributed by atoms with Crippen LogP contribution in [0.2, 0.25) is 0 Å². The summed E-state index contributed by atoms with van der Waals surface area (Å²) >= 11 is 0.840. The van der Waals surface area contributed by atoms with E-state index in [-0.39, 0.29) is 56.7 Å². The van der Waals surface area contributed by atoms with Gasteiger partial charge in [0.25, 0.3) is 0 Å². The highest BCUT2D eigenvalue weighted by molar-refractivity contribution is 7.23. The third-order valence-corrected chi connectivity index (χ3v) is 10.0. The first kappa shape index (κ1) is 32.8. The lowest BCUT2D eigenvalue weighted by Gasteiger charge is -2.50. The van der Waals surface area contributed by atoms with Crippen LogP contribution in [0, 0.1) is 23.0 Å². The Kier molecular flexibility index (Phi) is 7.67. The number of carbonyl (C=O) groups excluding carboxylic acids is 2. The van der Waals surface area contributed by atoms with Crippen LogP contribution in [0.5, 0.6) is 0 Å². The topological polar surface area (TPSA) is 143 Å². The van der Waals surface area contributed by atoms with Crippen LogP contribution in [0.25, 0.3) is 32.2 Å². The first-order valence-electron chi connectivity index (χ1n) is 15.9. The van der Waals surface area contributed by atoms with Crippen molar-refractivity contribution in [3.05, 3.63) is 40.7 Å². The van der Waals surface area contributed by atoms with Crippen molar-refractivity contribution >= 4 is 55.5 Å². The number of ether oxygens (including phenoxy) is 3. The number of benzene rings is 1. The summed E-state index contributed by atoms with van der Waals surface area (Å²) in [4.78, 5) is 42.9. The van der Waals surface area contributed by atoms with Crippen molar-refractivity contribution in [2.24, 2.45) is 0 Å². The molecular weight excluding hydrogens is 656 g/mol. The molecule has 12 nitrogen and oxygen atoms in total. The minimum Gasteiger partial charge on any atom is -0.444 e. The van der Waals surface area contributed by atoms with Crippen LogP contribution in [-0.2, 0) is 27.4 Å². The molecule has 2 saturated heterocycles. The Morgan fingerprint density at radius 1 is 1.04 bits per heavy atom. The van der Waals surface area contributed by atoms with Crippen LogP contribution in [0.15, 0.2) is 12.4 Å². The summed E-state index contributed by atoms with van der Waals surface area (Å²) in [5.74, 6) is -1.14. The molecule has 3 aliphatic rings. The minimum atomic E-state index is -0.819. The Morgan fingerprint density at radius 3 is 2.43 bits per heavy atom. The minimum absolute atomic E-state index is 0.0283. The smallest absolute Gasteiger partial charge is 0.412 e. The fourth-order valence-electron chi connectivity index (χ4n) is 6.75. The Balaban J connectivity index is 1.30. The summed E-state index contributed by atoms with van der Waals surface area (Å²) in [6, 6.07) is 2.05. The molecule has 0 saturated carbocycles. The van der Waals surface area contributed by atoms with Crippen LogP contribution < -0.4 is 10.2 Å². The van der Waals surface area contributed by atoms with Gasteiger partial charge < -0.3 is 24.0 Å². The molecule has 1 aromatic carbocycles. The number of hydrogen-bond acceptors (Lipinski definition) is 11. The van der Waals surface area contributed by atoms with E-state index in [4.69, 9.17) is 19.2 Å². The van der Waals surface area contributed by atoms with Crippen molar-refractivity contribution in [3.8, 4) is 17.3 Å². The van der Waals surface area contributed by atoms with Gasteiger partial charge >= 0.3 is 12.2 Å². The molecule has 0 radical (unpaired) electrons. The molecule has 0 aliphatic carbocycles. The molecule has 2 fully saturated rings. The van der Waals surface area contributed by atoms with Gasteiger partial charge in [-0.05, 0) is 65.5 Å². The van der Waals surface area contributed by atoms with E-state index in [9.17, 15) is 14.9 Å². The third-order valence-electron chi connectivity index (χ3n) is 8.92. The van der Waals surface area contributed by atoms with Crippen LogP contribution in [0.3, 0.4) is 0 Å². The summed E-state index contributed by atoms with van der Waals surface area (Å²) in [6.45, 7) is 12.4. The number of carbonyl (C=O) groups is 2. The standard InChI is InChI=1S/C34H35F2N7O5S/c1-32(2,3)47-30(44)41-28-17(11-37)23-26(38-13-21(35)27(23)49-28)22-20-15-46-14-19(20)18-12-39-29(40-25(18)24(22)36)42-9-7-34(16-42)8-10-43(34)31(45)48-33(4,5)6/h12-13H,7-10,14-16H2,1-6H3,(H,41,44)/t34-/m1/s1. The van der Waals surface area contributed by atoms with Gasteiger partial charge in [0.2, 0.25) is 5.95 Å². The first-order valence-corrected chi connectivity index (χ1v) is 16.8. The second-order valence-corrected chi connectivity index (χ2v) is 15.6. The van der Waals surface area contributed by atoms with Gasteiger partial charge in [-0.15, -0.1) is 11.3 Å². The molecule has 256 valence electrons. The second-order valence-electron chi connectivity index (χ2n) is 14.6. The van der Waals surface area contributed by atoms with Gasteiger partial charge in [0.15, 0.2) is 11.6 Å². The lowest BCUT2D eigenvalue weighted by atomic mass is 9.84. The molecule has 1 atom stereocenters. The number of thiophene rings is 1. The quantitative estimate of drug-likeness (QED) is 0.238. The number of halogens is 2. The van der Waals surface area contributed by atoms with Crippen molar-refractivity contribution in [3.63, 3.8) is 0 Å². The zero-order valence-corrected chi connectivity index (χ0v) is 28.8. The van der Waals surface area contributed by atoms with Gasteiger partial charge in [-0.1, -0.05) is 0 Å². The first-order chi connectivity index (χ1) is 23.1. The predicted octanol–water partition coefficient (Wildman–Crippen LogP) is 7.02. The molecule has 7 rings (SSSR count). The molecule has 0 bridgehead atoms. The maximum Gasteiger partial charge on any atom is 0.412 e. The van der Waals surface area contributed by atoms with Crippen LogP contribution >= 0.6 is 11.3 Å². The number of pyridine rings is 1. The van der Waals surface area contributed by atoms with Crippen molar-refractivity contribution in [1.82, 2.24) is 19.9 Å². The summed E-state index contributed by atoms with van der Waals surface area (Å²) in [6.07, 6.45) is 2.86. The maximum absolute atomic E-state index is 17.0. The fourth-order valence-corrected chi connectivity index (χ4v) is 7.79. The highest BCUT2D eigenvalue weighted by atomic mass is 32.1. The number of hydrogen-bond donors (Lipinski definition) is 1. The Morgan fingerprint density at radius 2 is 1.76 bits per heavy atom. The highest BCUT2D eigenvalue weighted by Crippen LogP contribution is 2.46. The summed E-state index contributed by atoms with van der Waals surface area (Å²) in [5.41, 5.74) is -0.643. The average molecular weight is 692 g/mol. The van der Waals surface area contributed by atoms with E-state index in [0.717, 1.165) is 24.0 Å². The van der Waals surface area contributed by atoms with E-state index < -0.39 is 34.5 Å². The van der Waals surface area contributed by atoms with E-state index in [1.165, 1.54) is 0 Å². The molecule has 4 aromatic rings. The lowest BCUT2D eigenvalue weighted by Crippen LogP contribution is -2.64. The molecule has 0 unspecified atom stereocenters. The van der Waals surface area contributed by atoms with E-state index in [1.807, 2.05) is 31.7 Å². The number of rotatable bonds is 3. The average Bonchev–Trinajstić information content (AvgIpc) is 3.74. The molecular formula is C34H35F2N7O5S. The van der Waals surface area contributed by atoms with E-state index in [1.54, 1.807) is 31.9 Å². The molecule has 6 heterocycles. The maximum atomic E-state index is 17.0. The lowest BCUT2D eigenvalue weighted by molar-refractivity contribution is -0.0363. The van der Waals surface area contributed by atoms with Crippen LogP contribution in [-0.4, -0.2) is 68.4 Å². The number of aromatic nitrogens is 3. The Labute approximate surface area is 285 Å². The van der Waals surface area contributed by atoms with Crippen molar-refractivity contribution in [2.45, 2.75) is 84.3 Å². The number of nitrogens with zero attached hydrogens (tertiary/aromatic N) is 6. The van der Waals surface area contributed by atoms with Crippen LogP contribution in [0.1, 0.15) is 71.1 Å². The largest absolute Gasteiger partial charge is 0.444 e. The molecule has 1 N–H and O–H groups in total. The molecule has 1 spiro atoms. The van der Waals surface area contributed by atoms with E-state index >= 15 is 8.78 Å². The third kappa shape index (κ3) is 5.66. The van der Waals surface area contributed by atoms with Crippen molar-refractivity contribution in [2.75, 3.05) is 29.9 Å². The zero-order valence-electron chi connectivity index (χ0n) is 28.0. The van der Waals surface area contributed by atoms with Gasteiger partial charge in [-0.3, -0.25) is 10.3 Å². The molecule has 15 heteroatoms. The highest BCUT2D eigenvalue weighted by Gasteiger charge is 2.53. The van der Waals surface area contributed by atoms with Gasteiger partial charge in [-0.2, -0.15) is 5.26 Å². The fraction of sp³-hybridized carbons (Fsp3) is 0.471. The SMILES string of the molecule is CC(C)(C)OC(=O)Nc1sc2c(F)cnc(-c3c4c(c5cnc(N6CC[C@@]7(CCN7C(=O)OC(C)(C)C)C6)nc5c3F)COC4)c2c1C#N. The van der Waals surface area contributed by atoms with Crippen molar-refractivity contribution < 1.29 is 32.6 Å². The van der Waals surface area contributed by atoms with Gasteiger partial charge in [0.1, 0.15) is 27.8 Å². The summed E-state index contributed by atoms with van der Waals surface area (Å²) in [5, 5.41) is 13.4. The molecule has 2 amide bonds. The van der Waals surface area contributed by atoms with Crippen LogP contribution in [0.4, 0.5) is 29.3 Å². The number of amides is 2. The van der Waals surface area contributed by atoms with Gasteiger partial charge in [0, 0.05) is 42.2 Å². The number of fused-ring (bicyclic) bond motifs is 4. The van der Waals surface area contributed by atoms with Gasteiger partial charge in [0.05, 0.1) is 40.9 Å². The zero-order chi connectivity index (χ0) is 35.0. The number of anilines is 2. The summed E-state index contributed by atoms with van der Waals surface area (Å²) < 4.78 is 49.0. The second kappa shape index (κ2) is 11.4. The monoisotopic (exact) mass is 691 g/mol. The van der Waals surface area contributed by atoms with E-state index in [2.05, 4.69) is 15.3 Å². The number of likely N-dealkylation sites (tertiary alicyclic amines) is 1. The normalized spacial score (nSPS) is 18.9. The predicted molar refractivity (Wildman–Crippen MR) is 178 cm³/mol. The molecule has 3 aromatic heterocycles. The summed E-state index contributed by atoms with van der Waals surface area (Å²) in [7, 11) is 0.